The van der Waals surface area contributed by atoms with Gasteiger partial charge in [0.15, 0.2) is 4.90 Å². The molecule has 1 fully saturated rings. The van der Waals surface area contributed by atoms with E-state index in [2.05, 4.69) is 15.4 Å². The second-order valence-corrected chi connectivity index (χ2v) is 9.61. The number of hydrogen-bond acceptors (Lipinski definition) is 5. The van der Waals surface area contributed by atoms with Crippen LogP contribution in [0.25, 0.3) is 0 Å². The average molecular weight is 504 g/mol. The first-order chi connectivity index (χ1) is 15.7. The third kappa shape index (κ3) is 7.51. The highest BCUT2D eigenvalue weighted by molar-refractivity contribution is 7.91. The van der Waals surface area contributed by atoms with Gasteiger partial charge in [-0.1, -0.05) is 17.7 Å². The maximum Gasteiger partial charge on any atom is 0.573 e. The van der Waals surface area contributed by atoms with Crippen molar-refractivity contribution in [1.29, 1.82) is 0 Å². The summed E-state index contributed by atoms with van der Waals surface area (Å²) in [5, 5.41) is 6.28. The highest BCUT2D eigenvalue weighted by Crippen LogP contribution is 2.29. The Morgan fingerprint density at radius 3 is 2.61 bits per heavy atom. The molecule has 0 aromatic heterocycles. The molecule has 2 N–H and O–H groups in total. The lowest BCUT2D eigenvalue weighted by molar-refractivity contribution is -0.275. The van der Waals surface area contributed by atoms with Gasteiger partial charge in [0.05, 0.1) is 0 Å². The highest BCUT2D eigenvalue weighted by atomic mass is 35.5. The minimum atomic E-state index is -4.88. The van der Waals surface area contributed by atoms with Gasteiger partial charge in [0.25, 0.3) is 5.91 Å². The molecule has 1 atom stereocenters. The van der Waals surface area contributed by atoms with E-state index in [4.69, 9.17) is 11.6 Å². The molecule has 3 rings (SSSR count). The third-order valence-corrected chi connectivity index (χ3v) is 6.78. The summed E-state index contributed by atoms with van der Waals surface area (Å²) in [4.78, 5) is 15.3. The van der Waals surface area contributed by atoms with E-state index in [9.17, 15) is 22.5 Å². The van der Waals surface area contributed by atoms with Gasteiger partial charge in [-0.15, -0.1) is 13.2 Å². The van der Waals surface area contributed by atoms with E-state index < -0.39 is 29.2 Å². The van der Waals surface area contributed by atoms with Gasteiger partial charge in [0, 0.05) is 61.0 Å². The van der Waals surface area contributed by atoms with Crippen LogP contribution >= 0.6 is 11.6 Å². The summed E-state index contributed by atoms with van der Waals surface area (Å²) in [5.41, 5.74) is 0.956. The number of carbonyl (C=O) groups excluding carboxylic acids is 1. The number of piperazine rings is 1. The lowest BCUT2D eigenvalue weighted by Gasteiger charge is -2.28. The second kappa shape index (κ2) is 11.4. The Kier molecular flexibility index (Phi) is 8.88. The van der Waals surface area contributed by atoms with E-state index >= 15 is 0 Å². The topological polar surface area (TPSA) is 76.7 Å². The molecule has 1 aliphatic rings. The maximum absolute atomic E-state index is 13.0. The van der Waals surface area contributed by atoms with Crippen LogP contribution in [0.2, 0.25) is 5.02 Å². The molecule has 2 aromatic rings. The van der Waals surface area contributed by atoms with Crippen molar-refractivity contribution in [3.05, 3.63) is 58.1 Å². The fourth-order valence-electron chi connectivity index (χ4n) is 3.50. The number of benzene rings is 2. The van der Waals surface area contributed by atoms with Gasteiger partial charge in [0.1, 0.15) is 11.5 Å². The molecule has 1 saturated heterocycles. The molecule has 33 heavy (non-hydrogen) atoms. The van der Waals surface area contributed by atoms with Gasteiger partial charge in [-0.3, -0.25) is 9.69 Å². The summed E-state index contributed by atoms with van der Waals surface area (Å²) in [6, 6.07) is 8.92. The van der Waals surface area contributed by atoms with E-state index in [1.807, 2.05) is 4.90 Å². The number of carbonyl (C=O) groups is 1. The highest BCUT2D eigenvalue weighted by Gasteiger charge is 2.32. The lowest BCUT2D eigenvalue weighted by atomic mass is 10.1. The van der Waals surface area contributed by atoms with Crippen molar-refractivity contribution in [3.8, 4) is 5.75 Å². The van der Waals surface area contributed by atoms with Gasteiger partial charge in [-0.05, 0) is 48.4 Å². The average Bonchev–Trinajstić information content (AvgIpc) is 2.78. The second-order valence-electron chi connectivity index (χ2n) is 7.47. The van der Waals surface area contributed by atoms with Crippen LogP contribution in [0.4, 0.5) is 13.2 Å². The normalized spacial score (nSPS) is 15.8. The molecule has 0 aliphatic carbocycles. The Morgan fingerprint density at radius 1 is 1.21 bits per heavy atom. The Morgan fingerprint density at radius 2 is 1.94 bits per heavy atom. The summed E-state index contributed by atoms with van der Waals surface area (Å²) in [5.74, 6) is -0.580. The molecule has 1 heterocycles. The Bertz CT molecular complexity index is 972. The summed E-state index contributed by atoms with van der Waals surface area (Å²) in [6.07, 6.45) is -4.88. The molecular formula is C22H25ClF3N3O3S. The van der Waals surface area contributed by atoms with E-state index in [1.54, 1.807) is 25.1 Å². The smallest absolute Gasteiger partial charge is 0.573 e. The van der Waals surface area contributed by atoms with Gasteiger partial charge in [-0.25, -0.2) is 0 Å². The predicted octanol–water partition coefficient (Wildman–Crippen LogP) is 3.70. The Balaban J connectivity index is 1.77. The number of hydrogen-bond donors (Lipinski definition) is 2. The Hall–Kier alpha value is -1.98. The largest absolute Gasteiger partial charge is 0.611 e. The zero-order valence-corrected chi connectivity index (χ0v) is 19.6. The predicted molar refractivity (Wildman–Crippen MR) is 121 cm³/mol. The van der Waals surface area contributed by atoms with E-state index in [1.165, 1.54) is 12.1 Å². The lowest BCUT2D eigenvalue weighted by Crippen LogP contribution is -2.43. The van der Waals surface area contributed by atoms with Crippen molar-refractivity contribution in [2.75, 3.05) is 31.9 Å². The molecule has 1 aliphatic heterocycles. The first kappa shape index (κ1) is 25.6. The number of halogens is 4. The summed E-state index contributed by atoms with van der Waals surface area (Å²) < 4.78 is 55.5. The number of ether oxygens (including phenoxy) is 1. The molecule has 11 heteroatoms. The maximum atomic E-state index is 13.0. The quantitative estimate of drug-likeness (QED) is 0.537. The standard InChI is InChI=1S/C22H25ClF3N3O3S/c1-2-33(31)20-6-5-18(23)11-17(20)13-28-21(30)15-3-4-16(14-29-9-7-27-8-10-29)19(12-15)32-22(24,25)26/h3-6,11-12,27H,2,7-10,13-14H2,1H3,(H,28,30). The third-order valence-electron chi connectivity index (χ3n) is 5.13. The van der Waals surface area contributed by atoms with Crippen LogP contribution in [-0.2, 0) is 24.3 Å². The number of nitrogens with one attached hydrogen (secondary N) is 2. The van der Waals surface area contributed by atoms with E-state index in [-0.39, 0.29) is 18.7 Å². The van der Waals surface area contributed by atoms with E-state index in [0.717, 1.165) is 19.2 Å². The number of alkyl halides is 3. The zero-order valence-electron chi connectivity index (χ0n) is 18.0. The molecule has 0 radical (unpaired) electrons. The monoisotopic (exact) mass is 503 g/mol. The zero-order chi connectivity index (χ0) is 24.0. The van der Waals surface area contributed by atoms with E-state index in [0.29, 0.717) is 39.9 Å². The van der Waals surface area contributed by atoms with Gasteiger partial charge in [0.2, 0.25) is 0 Å². The van der Waals surface area contributed by atoms with Crippen LogP contribution in [0, 0.1) is 0 Å². The molecule has 0 spiro atoms. The van der Waals surface area contributed by atoms with Crippen molar-refractivity contribution in [2.24, 2.45) is 0 Å². The van der Waals surface area contributed by atoms with Crippen LogP contribution < -0.4 is 15.4 Å². The van der Waals surface area contributed by atoms with Crippen LogP contribution in [0.1, 0.15) is 28.4 Å². The first-order valence-corrected chi connectivity index (χ1v) is 12.1. The van der Waals surface area contributed by atoms with Crippen LogP contribution in [0.5, 0.6) is 5.75 Å². The fraction of sp³-hybridized carbons (Fsp3) is 0.409. The van der Waals surface area contributed by atoms with Crippen LogP contribution in [0.15, 0.2) is 41.3 Å². The van der Waals surface area contributed by atoms with Crippen molar-refractivity contribution >= 4 is 28.7 Å². The molecule has 0 bridgehead atoms. The SMILES string of the molecule is CC[S+]([O-])c1ccc(Cl)cc1CNC(=O)c1ccc(CN2CCNCC2)c(OC(F)(F)F)c1. The first-order valence-electron chi connectivity index (χ1n) is 10.4. The molecule has 2 aromatic carbocycles. The molecule has 0 saturated carbocycles. The molecule has 6 nitrogen and oxygen atoms in total. The van der Waals surface area contributed by atoms with Crippen LogP contribution in [0.3, 0.4) is 0 Å². The fourth-order valence-corrected chi connectivity index (χ4v) is 4.65. The number of nitrogens with zero attached hydrogens (tertiary/aromatic N) is 1. The Labute approximate surface area is 198 Å². The van der Waals surface area contributed by atoms with Gasteiger partial charge >= 0.3 is 6.36 Å². The van der Waals surface area contributed by atoms with Crippen molar-refractivity contribution in [2.45, 2.75) is 31.3 Å². The minimum absolute atomic E-state index is 0.0262. The number of rotatable bonds is 8. The van der Waals surface area contributed by atoms with Crippen LogP contribution in [-0.4, -0.2) is 53.7 Å². The number of amides is 1. The van der Waals surface area contributed by atoms with Crippen molar-refractivity contribution in [1.82, 2.24) is 15.5 Å². The van der Waals surface area contributed by atoms with Crippen molar-refractivity contribution < 1.29 is 27.3 Å². The van der Waals surface area contributed by atoms with Gasteiger partial charge < -0.3 is 19.9 Å². The van der Waals surface area contributed by atoms with Crippen molar-refractivity contribution in [3.63, 3.8) is 0 Å². The van der Waals surface area contributed by atoms with Gasteiger partial charge in [-0.2, -0.15) is 0 Å². The summed E-state index contributed by atoms with van der Waals surface area (Å²) >= 11 is 4.78. The summed E-state index contributed by atoms with van der Waals surface area (Å²) in [6.45, 7) is 5.00. The molecule has 180 valence electrons. The molecular weight excluding hydrogens is 479 g/mol. The molecule has 1 unspecified atom stereocenters. The summed E-state index contributed by atoms with van der Waals surface area (Å²) in [7, 11) is 0. The molecule has 1 amide bonds. The minimum Gasteiger partial charge on any atom is -0.611 e.